The van der Waals surface area contributed by atoms with Gasteiger partial charge in [0.1, 0.15) is 11.6 Å². The van der Waals surface area contributed by atoms with E-state index in [2.05, 4.69) is 15.3 Å². The fourth-order valence-electron chi connectivity index (χ4n) is 2.07. The van der Waals surface area contributed by atoms with E-state index in [0.717, 1.165) is 11.1 Å². The van der Waals surface area contributed by atoms with Crippen LogP contribution < -0.4 is 4.74 Å². The Balaban J connectivity index is 2.27. The minimum atomic E-state index is -0.459. The van der Waals surface area contributed by atoms with E-state index in [-0.39, 0.29) is 5.56 Å². The first-order valence-corrected chi connectivity index (χ1v) is 6.62. The van der Waals surface area contributed by atoms with Crippen LogP contribution in [0.1, 0.15) is 11.1 Å². The summed E-state index contributed by atoms with van der Waals surface area (Å²) in [7, 11) is 1.48. The van der Waals surface area contributed by atoms with Crippen LogP contribution in [-0.2, 0) is 0 Å². The number of fused-ring (bicyclic) bond motifs is 1. The van der Waals surface area contributed by atoms with Crippen LogP contribution in [0.2, 0.25) is 5.15 Å². The highest BCUT2D eigenvalue weighted by Gasteiger charge is 2.17. The average Bonchev–Trinajstić information content (AvgIpc) is 2.88. The molecule has 2 aromatic heterocycles. The van der Waals surface area contributed by atoms with Crippen LogP contribution in [0.4, 0.5) is 4.39 Å². The Morgan fingerprint density at radius 1 is 1.19 bits per heavy atom. The van der Waals surface area contributed by atoms with Gasteiger partial charge in [0, 0.05) is 11.6 Å². The molecule has 0 amide bonds. The standard InChI is InChI=1S/C14H12ClFN4O/c1-7-8(2)13-17-18-14(20(13)19-12(7)15)10-5-4-9(21-3)6-11(10)16/h4-6H,1-3H3. The fourth-order valence-corrected chi connectivity index (χ4v) is 2.28. The molecule has 2 heterocycles. The van der Waals surface area contributed by atoms with Crippen LogP contribution in [0.25, 0.3) is 17.0 Å². The van der Waals surface area contributed by atoms with Gasteiger partial charge in [-0.05, 0) is 31.5 Å². The Morgan fingerprint density at radius 2 is 1.95 bits per heavy atom. The molecule has 0 radical (unpaired) electrons. The molecule has 0 bridgehead atoms. The van der Waals surface area contributed by atoms with Crippen molar-refractivity contribution in [2.24, 2.45) is 0 Å². The Labute approximate surface area is 125 Å². The number of halogens is 2. The zero-order valence-corrected chi connectivity index (χ0v) is 12.4. The van der Waals surface area contributed by atoms with Crippen LogP contribution in [0.5, 0.6) is 5.75 Å². The zero-order chi connectivity index (χ0) is 15.1. The molecule has 3 aromatic rings. The smallest absolute Gasteiger partial charge is 0.188 e. The SMILES string of the molecule is COc1ccc(-c2nnc3c(C)c(C)c(Cl)nn23)c(F)c1. The number of aryl methyl sites for hydroxylation is 1. The van der Waals surface area contributed by atoms with Crippen molar-refractivity contribution in [1.82, 2.24) is 19.8 Å². The van der Waals surface area contributed by atoms with Gasteiger partial charge in [0.2, 0.25) is 0 Å². The normalized spacial score (nSPS) is 11.1. The van der Waals surface area contributed by atoms with Crippen molar-refractivity contribution in [3.63, 3.8) is 0 Å². The molecule has 7 heteroatoms. The van der Waals surface area contributed by atoms with Crippen molar-refractivity contribution in [3.05, 3.63) is 40.3 Å². The van der Waals surface area contributed by atoms with E-state index in [4.69, 9.17) is 16.3 Å². The van der Waals surface area contributed by atoms with Gasteiger partial charge in [-0.1, -0.05) is 11.6 Å². The predicted molar refractivity (Wildman–Crippen MR) is 77.2 cm³/mol. The number of ether oxygens (including phenoxy) is 1. The lowest BCUT2D eigenvalue weighted by Crippen LogP contribution is -2.01. The van der Waals surface area contributed by atoms with E-state index in [1.807, 2.05) is 13.8 Å². The summed E-state index contributed by atoms with van der Waals surface area (Å²) in [6, 6.07) is 4.52. The average molecular weight is 307 g/mol. The van der Waals surface area contributed by atoms with Crippen molar-refractivity contribution in [2.45, 2.75) is 13.8 Å². The molecule has 21 heavy (non-hydrogen) atoms. The topological polar surface area (TPSA) is 52.3 Å². The van der Waals surface area contributed by atoms with Gasteiger partial charge in [-0.2, -0.15) is 9.61 Å². The molecule has 0 saturated carbocycles. The maximum Gasteiger partial charge on any atom is 0.188 e. The van der Waals surface area contributed by atoms with Crippen LogP contribution in [0, 0.1) is 19.7 Å². The van der Waals surface area contributed by atoms with Gasteiger partial charge in [0.05, 0.1) is 12.7 Å². The third-order valence-electron chi connectivity index (χ3n) is 3.45. The van der Waals surface area contributed by atoms with Gasteiger partial charge in [-0.3, -0.25) is 0 Å². The molecule has 0 aliphatic heterocycles. The highest BCUT2D eigenvalue weighted by atomic mass is 35.5. The first-order valence-electron chi connectivity index (χ1n) is 6.25. The number of aromatic nitrogens is 4. The Bertz CT molecular complexity index is 847. The van der Waals surface area contributed by atoms with Crippen molar-refractivity contribution >= 4 is 17.2 Å². The second kappa shape index (κ2) is 4.96. The van der Waals surface area contributed by atoms with Gasteiger partial charge in [0.25, 0.3) is 0 Å². The third kappa shape index (κ3) is 2.12. The van der Waals surface area contributed by atoms with Crippen LogP contribution in [-0.4, -0.2) is 26.9 Å². The lowest BCUT2D eigenvalue weighted by atomic mass is 10.2. The van der Waals surface area contributed by atoms with E-state index in [0.29, 0.717) is 22.4 Å². The van der Waals surface area contributed by atoms with Crippen molar-refractivity contribution < 1.29 is 9.13 Å². The minimum Gasteiger partial charge on any atom is -0.497 e. The van der Waals surface area contributed by atoms with E-state index >= 15 is 0 Å². The maximum atomic E-state index is 14.2. The van der Waals surface area contributed by atoms with E-state index < -0.39 is 5.82 Å². The molecule has 108 valence electrons. The predicted octanol–water partition coefficient (Wildman–Crippen LogP) is 3.21. The number of nitrogens with zero attached hydrogens (tertiary/aromatic N) is 4. The zero-order valence-electron chi connectivity index (χ0n) is 11.7. The quantitative estimate of drug-likeness (QED) is 0.729. The number of benzene rings is 1. The summed E-state index contributed by atoms with van der Waals surface area (Å²) in [6.07, 6.45) is 0. The molecule has 1 aromatic carbocycles. The summed E-state index contributed by atoms with van der Waals surface area (Å²) in [5.41, 5.74) is 2.54. The first kappa shape index (κ1) is 13.8. The Kier molecular flexibility index (Phi) is 3.25. The summed E-state index contributed by atoms with van der Waals surface area (Å²) >= 11 is 6.10. The summed E-state index contributed by atoms with van der Waals surface area (Å²) < 4.78 is 20.6. The molecule has 0 spiro atoms. The molecular weight excluding hydrogens is 295 g/mol. The molecule has 0 unspecified atom stereocenters. The molecule has 0 fully saturated rings. The summed E-state index contributed by atoms with van der Waals surface area (Å²) in [6.45, 7) is 3.73. The molecule has 0 atom stereocenters. The maximum absolute atomic E-state index is 14.2. The van der Waals surface area contributed by atoms with E-state index in [9.17, 15) is 4.39 Å². The summed E-state index contributed by atoms with van der Waals surface area (Å²) in [5.74, 6) is 0.276. The van der Waals surface area contributed by atoms with E-state index in [1.54, 1.807) is 12.1 Å². The fraction of sp³-hybridized carbons (Fsp3) is 0.214. The monoisotopic (exact) mass is 306 g/mol. The lowest BCUT2D eigenvalue weighted by Gasteiger charge is -2.06. The van der Waals surface area contributed by atoms with Gasteiger partial charge in [-0.25, -0.2) is 4.39 Å². The number of hydrogen-bond acceptors (Lipinski definition) is 4. The highest BCUT2D eigenvalue weighted by molar-refractivity contribution is 6.30. The van der Waals surface area contributed by atoms with Crippen molar-refractivity contribution in [2.75, 3.05) is 7.11 Å². The molecule has 0 aliphatic rings. The highest BCUT2D eigenvalue weighted by Crippen LogP contribution is 2.27. The van der Waals surface area contributed by atoms with Gasteiger partial charge < -0.3 is 4.74 Å². The van der Waals surface area contributed by atoms with Gasteiger partial charge in [-0.15, -0.1) is 10.2 Å². The van der Waals surface area contributed by atoms with Crippen LogP contribution >= 0.6 is 11.6 Å². The second-order valence-corrected chi connectivity index (χ2v) is 5.00. The summed E-state index contributed by atoms with van der Waals surface area (Å²) in [4.78, 5) is 0. The van der Waals surface area contributed by atoms with Crippen LogP contribution in [0.15, 0.2) is 18.2 Å². The Morgan fingerprint density at radius 3 is 2.62 bits per heavy atom. The molecule has 0 aliphatic carbocycles. The minimum absolute atomic E-state index is 0.287. The number of hydrogen-bond donors (Lipinski definition) is 0. The van der Waals surface area contributed by atoms with Crippen LogP contribution in [0.3, 0.4) is 0 Å². The van der Waals surface area contributed by atoms with Crippen molar-refractivity contribution in [1.29, 1.82) is 0 Å². The molecule has 0 N–H and O–H groups in total. The third-order valence-corrected chi connectivity index (χ3v) is 3.81. The van der Waals surface area contributed by atoms with E-state index in [1.165, 1.54) is 17.7 Å². The lowest BCUT2D eigenvalue weighted by molar-refractivity contribution is 0.411. The molecule has 3 rings (SSSR count). The molecule has 0 saturated heterocycles. The molecule has 5 nitrogen and oxygen atoms in total. The Hall–Kier alpha value is -2.21. The molecular formula is C14H12ClFN4O. The second-order valence-electron chi connectivity index (χ2n) is 4.65. The van der Waals surface area contributed by atoms with Gasteiger partial charge in [0.15, 0.2) is 16.6 Å². The largest absolute Gasteiger partial charge is 0.497 e. The number of rotatable bonds is 2. The number of methoxy groups -OCH3 is 1. The van der Waals surface area contributed by atoms with Gasteiger partial charge >= 0.3 is 0 Å². The van der Waals surface area contributed by atoms with Crippen molar-refractivity contribution in [3.8, 4) is 17.1 Å². The summed E-state index contributed by atoms with van der Waals surface area (Å²) in [5, 5.41) is 12.7. The first-order chi connectivity index (χ1) is 10.0.